The number of carbonyl (C=O) groups excluding carboxylic acids is 2. The molecule has 0 aliphatic carbocycles. The second-order valence-electron chi connectivity index (χ2n) is 9.70. The Morgan fingerprint density at radius 3 is 2.73 bits per heavy atom. The van der Waals surface area contributed by atoms with Crippen molar-refractivity contribution in [3.63, 3.8) is 0 Å². The molecule has 3 saturated heterocycles. The third-order valence-corrected chi connectivity index (χ3v) is 7.05. The van der Waals surface area contributed by atoms with Gasteiger partial charge in [-0.25, -0.2) is 4.39 Å². The minimum atomic E-state index is -0.324. The first-order chi connectivity index (χ1) is 14.3. The Labute approximate surface area is 178 Å². The molecule has 0 N–H and O–H groups in total. The Balaban J connectivity index is 1.38. The number of halogens is 1. The fourth-order valence-electron chi connectivity index (χ4n) is 5.50. The smallest absolute Gasteiger partial charge is 0.227 e. The zero-order valence-corrected chi connectivity index (χ0v) is 18.1. The molecule has 3 fully saturated rings. The van der Waals surface area contributed by atoms with Gasteiger partial charge in [-0.05, 0) is 63.5 Å². The van der Waals surface area contributed by atoms with Gasteiger partial charge in [0.25, 0.3) is 0 Å². The Bertz CT molecular complexity index is 796. The molecule has 3 aliphatic heterocycles. The quantitative estimate of drug-likeness (QED) is 0.759. The summed E-state index contributed by atoms with van der Waals surface area (Å²) in [6.07, 6.45) is 4.50. The van der Waals surface area contributed by atoms with Crippen molar-refractivity contribution >= 4 is 11.8 Å². The van der Waals surface area contributed by atoms with Gasteiger partial charge in [0.15, 0.2) is 0 Å². The molecule has 0 aromatic heterocycles. The average molecular weight is 417 g/mol. The van der Waals surface area contributed by atoms with Crippen LogP contribution < -0.4 is 0 Å². The van der Waals surface area contributed by atoms with Crippen molar-refractivity contribution < 1.29 is 18.7 Å². The maximum Gasteiger partial charge on any atom is 0.227 e. The van der Waals surface area contributed by atoms with E-state index in [1.54, 1.807) is 18.2 Å². The zero-order chi connectivity index (χ0) is 21.3. The van der Waals surface area contributed by atoms with Crippen molar-refractivity contribution in [1.82, 2.24) is 9.80 Å². The summed E-state index contributed by atoms with van der Waals surface area (Å²) >= 11 is 0. The standard InChI is InChI=1S/C24H33FN2O3/c1-24(2)15-18(10-13-30-24)23(29)27-11-5-7-19-16-26(12-9-21(19)27)22(28)14-17-6-3-4-8-20(17)25/h3-4,6,8,18-19,21H,5,7,9-16H2,1-2H3/t18?,19-,21+/m1/s1. The molecule has 4 rings (SSSR count). The number of fused-ring (bicyclic) bond motifs is 1. The highest BCUT2D eigenvalue weighted by atomic mass is 19.1. The molecular weight excluding hydrogens is 383 g/mol. The molecule has 1 unspecified atom stereocenters. The molecule has 3 atom stereocenters. The Morgan fingerprint density at radius 2 is 1.97 bits per heavy atom. The van der Waals surface area contributed by atoms with Crippen LogP contribution >= 0.6 is 0 Å². The highest BCUT2D eigenvalue weighted by Crippen LogP contribution is 2.35. The van der Waals surface area contributed by atoms with Crippen molar-refractivity contribution in [1.29, 1.82) is 0 Å². The van der Waals surface area contributed by atoms with Crippen LogP contribution in [-0.2, 0) is 20.7 Å². The number of piperidine rings is 2. The first kappa shape index (κ1) is 21.3. The molecule has 6 heteroatoms. The van der Waals surface area contributed by atoms with Gasteiger partial charge < -0.3 is 14.5 Å². The zero-order valence-electron chi connectivity index (χ0n) is 18.1. The SMILES string of the molecule is CC1(C)CC(C(=O)N2CCC[C@@H]3CN(C(=O)Cc4ccccc4F)CC[C@@H]32)CCO1. The van der Waals surface area contributed by atoms with E-state index in [4.69, 9.17) is 4.74 Å². The minimum Gasteiger partial charge on any atom is -0.376 e. The van der Waals surface area contributed by atoms with E-state index in [9.17, 15) is 14.0 Å². The second kappa shape index (κ2) is 8.66. The lowest BCUT2D eigenvalue weighted by atomic mass is 9.81. The van der Waals surface area contributed by atoms with Gasteiger partial charge in [0.1, 0.15) is 5.82 Å². The number of ether oxygens (including phenoxy) is 1. The van der Waals surface area contributed by atoms with Crippen LogP contribution in [0.25, 0.3) is 0 Å². The van der Waals surface area contributed by atoms with E-state index in [1.807, 2.05) is 4.90 Å². The van der Waals surface area contributed by atoms with Gasteiger partial charge in [-0.15, -0.1) is 0 Å². The molecule has 1 aromatic rings. The van der Waals surface area contributed by atoms with Crippen LogP contribution in [0.5, 0.6) is 0 Å². The number of hydrogen-bond acceptors (Lipinski definition) is 3. The van der Waals surface area contributed by atoms with E-state index in [2.05, 4.69) is 18.7 Å². The first-order valence-electron chi connectivity index (χ1n) is 11.3. The van der Waals surface area contributed by atoms with Crippen molar-refractivity contribution in [2.75, 3.05) is 26.2 Å². The Hall–Kier alpha value is -1.95. The fourth-order valence-corrected chi connectivity index (χ4v) is 5.50. The highest BCUT2D eigenvalue weighted by Gasteiger charge is 2.42. The van der Waals surface area contributed by atoms with Gasteiger partial charge in [-0.3, -0.25) is 9.59 Å². The van der Waals surface area contributed by atoms with E-state index in [0.717, 1.165) is 38.6 Å². The maximum atomic E-state index is 13.9. The van der Waals surface area contributed by atoms with E-state index < -0.39 is 0 Å². The number of rotatable bonds is 3. The van der Waals surface area contributed by atoms with Crippen LogP contribution in [0.1, 0.15) is 51.5 Å². The summed E-state index contributed by atoms with van der Waals surface area (Å²) in [5.74, 6) is 0.275. The molecule has 164 valence electrons. The summed E-state index contributed by atoms with van der Waals surface area (Å²) in [6, 6.07) is 6.70. The number of likely N-dealkylation sites (tertiary alicyclic amines) is 2. The minimum absolute atomic E-state index is 0.0202. The van der Waals surface area contributed by atoms with Crippen LogP contribution in [0.4, 0.5) is 4.39 Å². The molecular formula is C24H33FN2O3. The average Bonchev–Trinajstić information content (AvgIpc) is 2.73. The number of carbonyl (C=O) groups is 2. The topological polar surface area (TPSA) is 49.9 Å². The molecule has 0 saturated carbocycles. The normalized spacial score (nSPS) is 28.7. The third kappa shape index (κ3) is 4.53. The highest BCUT2D eigenvalue weighted by molar-refractivity contribution is 5.80. The Morgan fingerprint density at radius 1 is 1.17 bits per heavy atom. The number of hydrogen-bond donors (Lipinski definition) is 0. The number of benzene rings is 1. The van der Waals surface area contributed by atoms with Crippen LogP contribution in [0.2, 0.25) is 0 Å². The molecule has 0 spiro atoms. The molecule has 3 heterocycles. The monoisotopic (exact) mass is 416 g/mol. The van der Waals surface area contributed by atoms with Gasteiger partial charge in [0, 0.05) is 38.2 Å². The van der Waals surface area contributed by atoms with E-state index >= 15 is 0 Å². The maximum absolute atomic E-state index is 13.9. The number of amides is 2. The molecule has 0 bridgehead atoms. The van der Waals surface area contributed by atoms with Gasteiger partial charge in [-0.2, -0.15) is 0 Å². The van der Waals surface area contributed by atoms with Crippen LogP contribution in [0.3, 0.4) is 0 Å². The lowest BCUT2D eigenvalue weighted by molar-refractivity contribution is -0.153. The van der Waals surface area contributed by atoms with Gasteiger partial charge >= 0.3 is 0 Å². The van der Waals surface area contributed by atoms with Crippen molar-refractivity contribution in [3.05, 3.63) is 35.6 Å². The summed E-state index contributed by atoms with van der Waals surface area (Å²) in [6.45, 7) is 6.89. The number of nitrogens with zero attached hydrogens (tertiary/aromatic N) is 2. The molecule has 30 heavy (non-hydrogen) atoms. The van der Waals surface area contributed by atoms with Gasteiger partial charge in [0.05, 0.1) is 12.0 Å². The summed E-state index contributed by atoms with van der Waals surface area (Å²) in [4.78, 5) is 30.1. The predicted molar refractivity (Wildman–Crippen MR) is 112 cm³/mol. The third-order valence-electron chi connectivity index (χ3n) is 7.05. The van der Waals surface area contributed by atoms with Crippen molar-refractivity contribution in [2.45, 2.75) is 64.0 Å². The largest absolute Gasteiger partial charge is 0.376 e. The fraction of sp³-hybridized carbons (Fsp3) is 0.667. The van der Waals surface area contributed by atoms with E-state index in [0.29, 0.717) is 31.2 Å². The van der Waals surface area contributed by atoms with Gasteiger partial charge in [0.2, 0.25) is 11.8 Å². The van der Waals surface area contributed by atoms with Crippen LogP contribution in [0.15, 0.2) is 24.3 Å². The van der Waals surface area contributed by atoms with E-state index in [-0.39, 0.29) is 41.6 Å². The first-order valence-corrected chi connectivity index (χ1v) is 11.3. The lowest BCUT2D eigenvalue weighted by Gasteiger charge is -2.49. The lowest BCUT2D eigenvalue weighted by Crippen LogP contribution is -2.58. The molecule has 0 radical (unpaired) electrons. The van der Waals surface area contributed by atoms with E-state index in [1.165, 1.54) is 6.07 Å². The summed E-state index contributed by atoms with van der Waals surface area (Å²) in [5.41, 5.74) is 0.211. The molecule has 5 nitrogen and oxygen atoms in total. The molecule has 1 aromatic carbocycles. The van der Waals surface area contributed by atoms with Crippen LogP contribution in [-0.4, -0.2) is 59.5 Å². The Kier molecular flexibility index (Phi) is 6.14. The van der Waals surface area contributed by atoms with Crippen molar-refractivity contribution in [3.8, 4) is 0 Å². The van der Waals surface area contributed by atoms with Crippen LogP contribution in [0, 0.1) is 17.7 Å². The molecule has 3 aliphatic rings. The summed E-state index contributed by atoms with van der Waals surface area (Å²) in [5, 5.41) is 0. The molecule has 2 amide bonds. The second-order valence-corrected chi connectivity index (χ2v) is 9.70. The van der Waals surface area contributed by atoms with Crippen molar-refractivity contribution in [2.24, 2.45) is 11.8 Å². The van der Waals surface area contributed by atoms with Gasteiger partial charge in [-0.1, -0.05) is 18.2 Å². The summed E-state index contributed by atoms with van der Waals surface area (Å²) < 4.78 is 19.7. The summed E-state index contributed by atoms with van der Waals surface area (Å²) in [7, 11) is 0. The predicted octanol–water partition coefficient (Wildman–Crippen LogP) is 3.41.